The molecule has 3 aliphatic rings. The number of likely N-dealkylation sites (tertiary alicyclic amines) is 1. The number of nitrogens with zero attached hydrogens (tertiary/aromatic N) is 4. The van der Waals surface area contributed by atoms with Gasteiger partial charge in [-0.2, -0.15) is 9.37 Å². The van der Waals surface area contributed by atoms with Crippen LogP contribution in [0.15, 0.2) is 47.0 Å². The number of ketones is 1. The molecule has 178 valence electrons. The average molecular weight is 463 g/mol. The first-order valence-electron chi connectivity index (χ1n) is 12.6. The van der Waals surface area contributed by atoms with Gasteiger partial charge in [0.2, 0.25) is 5.95 Å². The number of carbonyl (C=O) groups is 1. The minimum absolute atomic E-state index is 0.140. The Balaban J connectivity index is 1.11. The molecule has 0 amide bonds. The van der Waals surface area contributed by atoms with Crippen LogP contribution in [0.4, 0.5) is 10.4 Å². The van der Waals surface area contributed by atoms with E-state index in [4.69, 9.17) is 4.42 Å². The van der Waals surface area contributed by atoms with Crippen molar-refractivity contribution in [3.05, 3.63) is 54.1 Å². The summed E-state index contributed by atoms with van der Waals surface area (Å²) in [7, 11) is 0. The van der Waals surface area contributed by atoms with Crippen LogP contribution in [0.2, 0.25) is 0 Å². The van der Waals surface area contributed by atoms with E-state index in [-0.39, 0.29) is 11.5 Å². The van der Waals surface area contributed by atoms with E-state index < -0.39 is 5.95 Å². The SMILES string of the molecule is O=C(CC1CC12CCCN(Cc1ccnc(F)c1)C2)[C@@H]1CCCCN1c1nc2ccccc2o1. The third kappa shape index (κ3) is 4.22. The number of para-hydroxylation sites is 2. The molecule has 1 spiro atoms. The number of oxazole rings is 1. The lowest BCUT2D eigenvalue weighted by molar-refractivity contribution is -0.121. The minimum Gasteiger partial charge on any atom is -0.423 e. The molecular weight excluding hydrogens is 431 g/mol. The molecule has 1 saturated carbocycles. The zero-order chi connectivity index (χ0) is 23.1. The van der Waals surface area contributed by atoms with Crippen molar-refractivity contribution in [2.75, 3.05) is 24.5 Å². The Morgan fingerprint density at radius 2 is 2.09 bits per heavy atom. The molecule has 2 unspecified atom stereocenters. The quantitative estimate of drug-likeness (QED) is 0.482. The normalized spacial score (nSPS) is 27.4. The van der Waals surface area contributed by atoms with Crippen LogP contribution in [0.3, 0.4) is 0 Å². The van der Waals surface area contributed by atoms with Gasteiger partial charge in [-0.1, -0.05) is 12.1 Å². The number of halogens is 1. The number of benzene rings is 1. The zero-order valence-electron chi connectivity index (χ0n) is 19.5. The molecule has 1 aliphatic carbocycles. The third-order valence-electron chi connectivity index (χ3n) is 8.09. The van der Waals surface area contributed by atoms with Crippen LogP contribution in [-0.4, -0.2) is 46.3 Å². The number of hydrogen-bond donors (Lipinski definition) is 0. The Hall–Kier alpha value is -2.80. The Morgan fingerprint density at radius 1 is 1.18 bits per heavy atom. The Bertz CT molecular complexity index is 1160. The van der Waals surface area contributed by atoms with Crippen LogP contribution >= 0.6 is 0 Å². The molecule has 0 radical (unpaired) electrons. The number of rotatable bonds is 6. The summed E-state index contributed by atoms with van der Waals surface area (Å²) in [5, 5.41) is 0. The largest absolute Gasteiger partial charge is 0.423 e. The van der Waals surface area contributed by atoms with Gasteiger partial charge in [-0.05, 0) is 86.2 Å². The van der Waals surface area contributed by atoms with Crippen molar-refractivity contribution in [1.82, 2.24) is 14.9 Å². The number of fused-ring (bicyclic) bond motifs is 1. The second kappa shape index (κ2) is 8.77. The lowest BCUT2D eigenvalue weighted by atomic mass is 9.88. The summed E-state index contributed by atoms with van der Waals surface area (Å²) >= 11 is 0. The van der Waals surface area contributed by atoms with Gasteiger partial charge in [-0.15, -0.1) is 0 Å². The van der Waals surface area contributed by atoms with Gasteiger partial charge >= 0.3 is 0 Å². The van der Waals surface area contributed by atoms with Gasteiger partial charge in [0, 0.05) is 32.3 Å². The van der Waals surface area contributed by atoms with Gasteiger partial charge in [0.15, 0.2) is 11.4 Å². The number of anilines is 1. The Morgan fingerprint density at radius 3 is 2.97 bits per heavy atom. The van der Waals surface area contributed by atoms with Gasteiger partial charge in [-0.25, -0.2) is 4.98 Å². The zero-order valence-corrected chi connectivity index (χ0v) is 19.5. The van der Waals surface area contributed by atoms with E-state index in [1.54, 1.807) is 0 Å². The summed E-state index contributed by atoms with van der Waals surface area (Å²) in [6, 6.07) is 11.6. The molecule has 3 fully saturated rings. The highest BCUT2D eigenvalue weighted by atomic mass is 19.1. The molecule has 6 rings (SSSR count). The van der Waals surface area contributed by atoms with Crippen molar-refractivity contribution in [3.63, 3.8) is 0 Å². The summed E-state index contributed by atoms with van der Waals surface area (Å²) in [5.41, 5.74) is 2.82. The number of piperidine rings is 2. The van der Waals surface area contributed by atoms with E-state index in [0.717, 1.165) is 74.9 Å². The van der Waals surface area contributed by atoms with Crippen molar-refractivity contribution in [3.8, 4) is 0 Å². The molecule has 2 aliphatic heterocycles. The molecule has 3 aromatic rings. The first-order chi connectivity index (χ1) is 16.6. The molecular formula is C27H31FN4O2. The van der Waals surface area contributed by atoms with Gasteiger partial charge in [0.05, 0.1) is 6.04 Å². The molecule has 2 aromatic heterocycles. The van der Waals surface area contributed by atoms with Gasteiger partial charge < -0.3 is 9.32 Å². The van der Waals surface area contributed by atoms with Crippen molar-refractivity contribution in [2.24, 2.45) is 11.3 Å². The molecule has 0 N–H and O–H groups in total. The maximum absolute atomic E-state index is 13.5. The smallest absolute Gasteiger partial charge is 0.298 e. The number of pyridine rings is 1. The van der Waals surface area contributed by atoms with Crippen molar-refractivity contribution in [1.29, 1.82) is 0 Å². The fourth-order valence-corrected chi connectivity index (χ4v) is 6.27. The topological polar surface area (TPSA) is 62.5 Å². The summed E-state index contributed by atoms with van der Waals surface area (Å²) in [6.07, 6.45) is 8.61. The van der Waals surface area contributed by atoms with Crippen molar-refractivity contribution >= 4 is 22.9 Å². The summed E-state index contributed by atoms with van der Waals surface area (Å²) in [6.45, 7) is 3.58. The highest BCUT2D eigenvalue weighted by Crippen LogP contribution is 2.60. The van der Waals surface area contributed by atoms with E-state index in [1.807, 2.05) is 30.3 Å². The first-order valence-corrected chi connectivity index (χ1v) is 12.6. The van der Waals surface area contributed by atoms with Crippen LogP contribution in [0.1, 0.15) is 50.5 Å². The molecule has 34 heavy (non-hydrogen) atoms. The lowest BCUT2D eigenvalue weighted by Gasteiger charge is -2.35. The molecule has 4 heterocycles. The fourth-order valence-electron chi connectivity index (χ4n) is 6.27. The highest BCUT2D eigenvalue weighted by Gasteiger charge is 2.56. The molecule has 2 saturated heterocycles. The average Bonchev–Trinajstić information content (AvgIpc) is 3.28. The maximum atomic E-state index is 13.5. The lowest BCUT2D eigenvalue weighted by Crippen LogP contribution is -2.45. The summed E-state index contributed by atoms with van der Waals surface area (Å²) in [4.78, 5) is 26.4. The summed E-state index contributed by atoms with van der Waals surface area (Å²) < 4.78 is 19.5. The van der Waals surface area contributed by atoms with Crippen molar-refractivity contribution in [2.45, 2.75) is 57.5 Å². The Kier molecular flexibility index (Phi) is 5.60. The predicted octanol–water partition coefficient (Wildman–Crippen LogP) is 4.98. The van der Waals surface area contributed by atoms with Crippen LogP contribution < -0.4 is 4.90 Å². The molecule has 3 atom stereocenters. The number of carbonyl (C=O) groups excluding carboxylic acids is 1. The number of aromatic nitrogens is 2. The van der Waals surface area contributed by atoms with Crippen molar-refractivity contribution < 1.29 is 13.6 Å². The van der Waals surface area contributed by atoms with E-state index in [1.165, 1.54) is 18.7 Å². The Labute approximate surface area is 199 Å². The second-order valence-electron chi connectivity index (χ2n) is 10.4. The van der Waals surface area contributed by atoms with Crippen LogP contribution in [0, 0.1) is 17.3 Å². The van der Waals surface area contributed by atoms with Gasteiger partial charge in [-0.3, -0.25) is 9.69 Å². The van der Waals surface area contributed by atoms with Crippen LogP contribution in [0.25, 0.3) is 11.1 Å². The van der Waals surface area contributed by atoms with Gasteiger partial charge in [0.25, 0.3) is 6.01 Å². The van der Waals surface area contributed by atoms with E-state index in [0.29, 0.717) is 24.1 Å². The minimum atomic E-state index is -0.421. The monoisotopic (exact) mass is 462 g/mol. The van der Waals surface area contributed by atoms with Crippen LogP contribution in [-0.2, 0) is 11.3 Å². The second-order valence-corrected chi connectivity index (χ2v) is 10.4. The maximum Gasteiger partial charge on any atom is 0.298 e. The molecule has 1 aromatic carbocycles. The molecule has 0 bridgehead atoms. The fraction of sp³-hybridized carbons (Fsp3) is 0.519. The molecule has 6 nitrogen and oxygen atoms in total. The predicted molar refractivity (Wildman–Crippen MR) is 128 cm³/mol. The first kappa shape index (κ1) is 21.7. The highest BCUT2D eigenvalue weighted by molar-refractivity contribution is 5.88. The van der Waals surface area contributed by atoms with Crippen LogP contribution in [0.5, 0.6) is 0 Å². The number of hydrogen-bond acceptors (Lipinski definition) is 6. The molecule has 7 heteroatoms. The van der Waals surface area contributed by atoms with E-state index in [9.17, 15) is 9.18 Å². The van der Waals surface area contributed by atoms with Gasteiger partial charge in [0.1, 0.15) is 5.52 Å². The standard InChI is InChI=1S/C27H31FN4O2/c28-25-14-19(9-11-29-25)17-31-12-5-10-27(18-31)16-20(27)15-23(33)22-7-3-4-13-32(22)26-30-21-6-1-2-8-24(21)34-26/h1-2,6,8-9,11,14,20,22H,3-5,7,10,12-13,15-18H2/t20?,22-,27?/m0/s1. The summed E-state index contributed by atoms with van der Waals surface area (Å²) in [5.74, 6) is 0.358. The van der Waals surface area contributed by atoms with E-state index in [2.05, 4.69) is 19.8 Å². The van der Waals surface area contributed by atoms with E-state index >= 15 is 0 Å². The number of Topliss-reactive ketones (excluding diaryl/α,β-unsaturated/α-hetero) is 1. The third-order valence-corrected chi connectivity index (χ3v) is 8.09.